The van der Waals surface area contributed by atoms with Crippen molar-refractivity contribution in [2.45, 2.75) is 19.4 Å². The average Bonchev–Trinajstić information content (AvgIpc) is 2.68. The first-order chi connectivity index (χ1) is 13.8. The van der Waals surface area contributed by atoms with E-state index < -0.39 is 17.8 Å². The highest BCUT2D eigenvalue weighted by atomic mass is 19.1. The van der Waals surface area contributed by atoms with Crippen molar-refractivity contribution in [2.75, 3.05) is 30.4 Å². The number of hydrogen-bond donors (Lipinski definition) is 1. The number of hydrogen-bond acceptors (Lipinski definition) is 4. The van der Waals surface area contributed by atoms with Gasteiger partial charge in [0, 0.05) is 25.7 Å². The van der Waals surface area contributed by atoms with E-state index in [1.165, 1.54) is 35.0 Å². The second-order valence-corrected chi connectivity index (χ2v) is 6.78. The molecule has 0 saturated heterocycles. The number of ether oxygens (including phenoxy) is 1. The van der Waals surface area contributed by atoms with Crippen LogP contribution in [0.15, 0.2) is 48.5 Å². The van der Waals surface area contributed by atoms with Crippen LogP contribution in [0.3, 0.4) is 0 Å². The zero-order chi connectivity index (χ0) is 21.0. The first-order valence-electron chi connectivity index (χ1n) is 9.21. The smallest absolute Gasteiger partial charge is 0.267 e. The number of rotatable bonds is 6. The quantitative estimate of drug-likeness (QED) is 0.809. The fourth-order valence-electron chi connectivity index (χ4n) is 3.06. The van der Waals surface area contributed by atoms with Gasteiger partial charge in [0.2, 0.25) is 11.8 Å². The molecule has 7 nitrogen and oxygen atoms in total. The summed E-state index contributed by atoms with van der Waals surface area (Å²) in [4.78, 5) is 39.8. The van der Waals surface area contributed by atoms with Gasteiger partial charge in [0.15, 0.2) is 6.10 Å². The molecule has 8 heteroatoms. The number of carbonyl (C=O) groups is 3. The van der Waals surface area contributed by atoms with Gasteiger partial charge in [0.05, 0.1) is 12.2 Å². The Labute approximate surface area is 168 Å². The van der Waals surface area contributed by atoms with Crippen LogP contribution in [-0.2, 0) is 14.4 Å². The van der Waals surface area contributed by atoms with Crippen LogP contribution in [-0.4, -0.2) is 48.9 Å². The van der Waals surface area contributed by atoms with Crippen molar-refractivity contribution >= 4 is 29.1 Å². The number of nitrogens with zero attached hydrogens (tertiary/aromatic N) is 2. The van der Waals surface area contributed by atoms with Crippen LogP contribution in [0.5, 0.6) is 5.75 Å². The lowest BCUT2D eigenvalue weighted by molar-refractivity contribution is -0.133. The molecule has 1 heterocycles. The topological polar surface area (TPSA) is 79.0 Å². The summed E-state index contributed by atoms with van der Waals surface area (Å²) >= 11 is 0. The summed E-state index contributed by atoms with van der Waals surface area (Å²) in [5, 5.41) is 2.55. The summed E-state index contributed by atoms with van der Waals surface area (Å²) < 4.78 is 18.8. The maximum absolute atomic E-state index is 13.2. The molecule has 0 aromatic heterocycles. The van der Waals surface area contributed by atoms with E-state index in [1.807, 2.05) is 6.07 Å². The van der Waals surface area contributed by atoms with Gasteiger partial charge in [-0.3, -0.25) is 14.4 Å². The first-order valence-corrected chi connectivity index (χ1v) is 9.21. The molecule has 0 radical (unpaired) electrons. The average molecular weight is 399 g/mol. The predicted molar refractivity (Wildman–Crippen MR) is 106 cm³/mol. The Hall–Kier alpha value is -3.42. The third kappa shape index (κ3) is 4.90. The Morgan fingerprint density at radius 2 is 1.97 bits per heavy atom. The molecule has 1 aliphatic rings. The SMILES string of the molecule is CC1Oc2ccccc2N(CCC(=O)N(C)CC(=O)Nc2cccc(F)c2)C1=O. The van der Waals surface area contributed by atoms with Crippen molar-refractivity contribution in [3.63, 3.8) is 0 Å². The predicted octanol–water partition coefficient (Wildman–Crippen LogP) is 2.43. The van der Waals surface area contributed by atoms with Gasteiger partial charge in [-0.25, -0.2) is 4.39 Å². The van der Waals surface area contributed by atoms with Crippen LogP contribution >= 0.6 is 0 Å². The van der Waals surface area contributed by atoms with Gasteiger partial charge in [-0.05, 0) is 37.3 Å². The van der Waals surface area contributed by atoms with E-state index in [4.69, 9.17) is 4.74 Å². The highest BCUT2D eigenvalue weighted by molar-refractivity contribution is 6.00. The molecule has 3 rings (SSSR count). The Bertz CT molecular complexity index is 934. The van der Waals surface area contributed by atoms with Crippen molar-refractivity contribution in [3.8, 4) is 5.75 Å². The molecule has 1 unspecified atom stereocenters. The van der Waals surface area contributed by atoms with Gasteiger partial charge in [-0.1, -0.05) is 18.2 Å². The molecule has 0 fully saturated rings. The molecule has 0 saturated carbocycles. The molecule has 152 valence electrons. The molecule has 3 amide bonds. The summed E-state index contributed by atoms with van der Waals surface area (Å²) in [5.41, 5.74) is 0.940. The van der Waals surface area contributed by atoms with Gasteiger partial charge >= 0.3 is 0 Å². The zero-order valence-electron chi connectivity index (χ0n) is 16.2. The number of amides is 3. The van der Waals surface area contributed by atoms with Crippen LogP contribution in [0.2, 0.25) is 0 Å². The van der Waals surface area contributed by atoms with E-state index >= 15 is 0 Å². The van der Waals surface area contributed by atoms with Crippen LogP contribution in [0.25, 0.3) is 0 Å². The number of benzene rings is 2. The van der Waals surface area contributed by atoms with Crippen LogP contribution in [0.1, 0.15) is 13.3 Å². The van der Waals surface area contributed by atoms with Crippen molar-refractivity contribution in [1.29, 1.82) is 0 Å². The molecule has 1 atom stereocenters. The van der Waals surface area contributed by atoms with E-state index in [0.29, 0.717) is 17.1 Å². The highest BCUT2D eigenvalue weighted by Crippen LogP contribution is 2.33. The summed E-state index contributed by atoms with van der Waals surface area (Å²) in [6.07, 6.45) is -0.578. The third-order valence-electron chi connectivity index (χ3n) is 4.54. The van der Waals surface area contributed by atoms with E-state index in [9.17, 15) is 18.8 Å². The molecule has 1 N–H and O–H groups in total. The number of para-hydroxylation sites is 2. The van der Waals surface area contributed by atoms with Crippen molar-refractivity contribution in [1.82, 2.24) is 4.90 Å². The maximum atomic E-state index is 13.2. The fraction of sp³-hybridized carbons (Fsp3) is 0.286. The summed E-state index contributed by atoms with van der Waals surface area (Å²) in [6, 6.07) is 12.7. The number of nitrogens with one attached hydrogen (secondary N) is 1. The van der Waals surface area contributed by atoms with E-state index in [2.05, 4.69) is 5.32 Å². The van der Waals surface area contributed by atoms with Crippen molar-refractivity contribution < 1.29 is 23.5 Å². The molecule has 0 aliphatic carbocycles. The lowest BCUT2D eigenvalue weighted by Crippen LogP contribution is -2.46. The molecular weight excluding hydrogens is 377 g/mol. The molecule has 0 bridgehead atoms. The Morgan fingerprint density at radius 1 is 1.21 bits per heavy atom. The zero-order valence-corrected chi connectivity index (χ0v) is 16.2. The molecule has 1 aliphatic heterocycles. The minimum absolute atomic E-state index is 0.0521. The van der Waals surface area contributed by atoms with Crippen LogP contribution < -0.4 is 15.0 Å². The van der Waals surface area contributed by atoms with Crippen molar-refractivity contribution in [2.24, 2.45) is 0 Å². The Balaban J connectivity index is 1.56. The van der Waals surface area contributed by atoms with Gasteiger partial charge < -0.3 is 19.9 Å². The van der Waals surface area contributed by atoms with Crippen LogP contribution in [0, 0.1) is 5.82 Å². The van der Waals surface area contributed by atoms with Gasteiger partial charge in [0.25, 0.3) is 5.91 Å². The first kappa shape index (κ1) is 20.3. The largest absolute Gasteiger partial charge is 0.479 e. The number of fused-ring (bicyclic) bond motifs is 1. The van der Waals surface area contributed by atoms with E-state index in [1.54, 1.807) is 31.2 Å². The van der Waals surface area contributed by atoms with Gasteiger partial charge in [-0.2, -0.15) is 0 Å². The second kappa shape index (κ2) is 8.72. The summed E-state index contributed by atoms with van der Waals surface area (Å²) in [7, 11) is 1.51. The Morgan fingerprint density at radius 3 is 2.72 bits per heavy atom. The monoisotopic (exact) mass is 399 g/mol. The lowest BCUT2D eigenvalue weighted by atomic mass is 10.1. The van der Waals surface area contributed by atoms with Gasteiger partial charge in [0.1, 0.15) is 11.6 Å². The Kier molecular flexibility index (Phi) is 6.11. The molecule has 29 heavy (non-hydrogen) atoms. The second-order valence-electron chi connectivity index (χ2n) is 6.78. The standard InChI is InChI=1S/C21H22FN3O4/c1-14-21(28)25(17-8-3-4-9-18(17)29-14)11-10-20(27)24(2)13-19(26)23-16-7-5-6-15(22)12-16/h3-9,12,14H,10-11,13H2,1-2H3,(H,23,26). The molecule has 0 spiro atoms. The minimum atomic E-state index is -0.630. The molecule has 2 aromatic rings. The summed E-state index contributed by atoms with van der Waals surface area (Å²) in [6.45, 7) is 1.66. The number of anilines is 2. The fourth-order valence-corrected chi connectivity index (χ4v) is 3.06. The summed E-state index contributed by atoms with van der Waals surface area (Å²) in [5.74, 6) is -0.813. The van der Waals surface area contributed by atoms with Gasteiger partial charge in [-0.15, -0.1) is 0 Å². The molecular formula is C21H22FN3O4. The highest BCUT2D eigenvalue weighted by Gasteiger charge is 2.31. The van der Waals surface area contributed by atoms with Crippen molar-refractivity contribution in [3.05, 3.63) is 54.3 Å². The lowest BCUT2D eigenvalue weighted by Gasteiger charge is -2.33. The van der Waals surface area contributed by atoms with E-state index in [0.717, 1.165) is 0 Å². The third-order valence-corrected chi connectivity index (χ3v) is 4.54. The van der Waals surface area contributed by atoms with Crippen LogP contribution in [0.4, 0.5) is 15.8 Å². The number of carbonyl (C=O) groups excluding carboxylic acids is 3. The molecule has 2 aromatic carbocycles. The minimum Gasteiger partial charge on any atom is -0.479 e. The number of halogens is 1. The normalized spacial score (nSPS) is 15.3. The van der Waals surface area contributed by atoms with E-state index in [-0.39, 0.29) is 31.3 Å². The number of likely N-dealkylation sites (N-methyl/N-ethyl adjacent to an activating group) is 1. The maximum Gasteiger partial charge on any atom is 0.267 e.